The number of carbonyl (C=O) groups excluding carboxylic acids is 2. The summed E-state index contributed by atoms with van der Waals surface area (Å²) in [7, 11) is 0. The van der Waals surface area contributed by atoms with Crippen LogP contribution in [-0.4, -0.2) is 39.7 Å². The maximum Gasteiger partial charge on any atom is 0.269 e. The highest BCUT2D eigenvalue weighted by Crippen LogP contribution is 2.27. The van der Waals surface area contributed by atoms with Crippen LogP contribution in [0.5, 0.6) is 0 Å². The average Bonchev–Trinajstić information content (AvgIpc) is 3.10. The van der Waals surface area contributed by atoms with Gasteiger partial charge in [0, 0.05) is 36.3 Å². The van der Waals surface area contributed by atoms with E-state index in [1.54, 1.807) is 23.1 Å². The molecule has 3 rings (SSSR count). The number of benzene rings is 2. The smallest absolute Gasteiger partial charge is 0.269 e. The van der Waals surface area contributed by atoms with E-state index in [-0.39, 0.29) is 11.6 Å². The number of nitro groups is 1. The van der Waals surface area contributed by atoms with Crippen LogP contribution in [0.3, 0.4) is 0 Å². The first-order chi connectivity index (χ1) is 13.4. The van der Waals surface area contributed by atoms with Crippen LogP contribution in [0.15, 0.2) is 42.5 Å². The van der Waals surface area contributed by atoms with E-state index in [0.717, 1.165) is 4.70 Å². The highest BCUT2D eigenvalue weighted by molar-refractivity contribution is 7.22. The average molecular weight is 398 g/mol. The molecule has 1 N–H and O–H groups in total. The lowest BCUT2D eigenvalue weighted by atomic mass is 10.2. The molecule has 0 saturated heterocycles. The zero-order chi connectivity index (χ0) is 20.3. The number of hydrogen-bond donors (Lipinski definition) is 1. The molecule has 0 aliphatic rings. The molecule has 0 bridgehead atoms. The van der Waals surface area contributed by atoms with Gasteiger partial charge in [-0.3, -0.25) is 25.0 Å². The molecule has 0 spiro atoms. The topological polar surface area (TPSA) is 105 Å². The normalized spacial score (nSPS) is 10.6. The Labute approximate surface area is 165 Å². The first-order valence-corrected chi connectivity index (χ1v) is 9.50. The van der Waals surface area contributed by atoms with Crippen LogP contribution in [0.25, 0.3) is 10.2 Å². The van der Waals surface area contributed by atoms with Crippen molar-refractivity contribution in [1.29, 1.82) is 0 Å². The van der Waals surface area contributed by atoms with E-state index in [9.17, 15) is 19.7 Å². The van der Waals surface area contributed by atoms with Crippen molar-refractivity contribution in [3.63, 3.8) is 0 Å². The molecule has 0 aliphatic carbocycles. The van der Waals surface area contributed by atoms with Crippen molar-refractivity contribution in [2.75, 3.05) is 18.4 Å². The third-order valence-corrected chi connectivity index (χ3v) is 5.18. The number of fused-ring (bicyclic) bond motifs is 1. The lowest BCUT2D eigenvalue weighted by molar-refractivity contribution is -0.384. The fraction of sp³-hybridized carbons (Fsp3) is 0.211. The third-order valence-electron chi connectivity index (χ3n) is 4.25. The van der Waals surface area contributed by atoms with E-state index >= 15 is 0 Å². The van der Waals surface area contributed by atoms with Crippen molar-refractivity contribution in [3.05, 3.63) is 63.7 Å². The van der Waals surface area contributed by atoms with Crippen molar-refractivity contribution in [3.8, 4) is 0 Å². The van der Waals surface area contributed by atoms with Gasteiger partial charge in [0.05, 0.1) is 15.1 Å². The first kappa shape index (κ1) is 19.4. The van der Waals surface area contributed by atoms with E-state index in [4.69, 9.17) is 0 Å². The molecule has 0 aliphatic heterocycles. The molecule has 3 aromatic rings. The molecule has 9 heteroatoms. The number of anilines is 1. The Morgan fingerprint density at radius 2 is 1.75 bits per heavy atom. The largest absolute Gasteiger partial charge is 0.339 e. The van der Waals surface area contributed by atoms with E-state index in [1.807, 2.05) is 13.8 Å². The summed E-state index contributed by atoms with van der Waals surface area (Å²) >= 11 is 1.26. The summed E-state index contributed by atoms with van der Waals surface area (Å²) in [6, 6.07) is 10.6. The second-order valence-electron chi connectivity index (χ2n) is 5.94. The Morgan fingerprint density at radius 3 is 2.36 bits per heavy atom. The Hall–Kier alpha value is -3.33. The lowest BCUT2D eigenvalue weighted by Crippen LogP contribution is -2.30. The molecular weight excluding hydrogens is 380 g/mol. The van der Waals surface area contributed by atoms with Gasteiger partial charge in [-0.2, -0.15) is 0 Å². The van der Waals surface area contributed by atoms with Crippen molar-refractivity contribution < 1.29 is 14.5 Å². The lowest BCUT2D eigenvalue weighted by Gasteiger charge is -2.18. The van der Waals surface area contributed by atoms with Crippen molar-refractivity contribution >= 4 is 44.2 Å². The zero-order valence-corrected chi connectivity index (χ0v) is 16.2. The third kappa shape index (κ3) is 3.99. The summed E-state index contributed by atoms with van der Waals surface area (Å²) in [5, 5.41) is 13.8. The molecule has 0 fully saturated rings. The summed E-state index contributed by atoms with van der Waals surface area (Å²) in [6.07, 6.45) is 0. The maximum atomic E-state index is 12.5. The predicted molar refractivity (Wildman–Crippen MR) is 108 cm³/mol. The van der Waals surface area contributed by atoms with Crippen molar-refractivity contribution in [1.82, 2.24) is 9.88 Å². The van der Waals surface area contributed by atoms with Crippen LogP contribution in [0.2, 0.25) is 0 Å². The summed E-state index contributed by atoms with van der Waals surface area (Å²) < 4.78 is 0.789. The first-order valence-electron chi connectivity index (χ1n) is 8.68. The van der Waals surface area contributed by atoms with Gasteiger partial charge in [0.25, 0.3) is 17.5 Å². The van der Waals surface area contributed by atoms with Crippen LogP contribution in [0.4, 0.5) is 10.8 Å². The van der Waals surface area contributed by atoms with Crippen molar-refractivity contribution in [2.24, 2.45) is 0 Å². The fourth-order valence-corrected chi connectivity index (χ4v) is 3.61. The van der Waals surface area contributed by atoms with E-state index in [1.165, 1.54) is 35.6 Å². The summed E-state index contributed by atoms with van der Waals surface area (Å²) in [5.74, 6) is -0.454. The van der Waals surface area contributed by atoms with E-state index in [0.29, 0.717) is 34.9 Å². The van der Waals surface area contributed by atoms with Gasteiger partial charge in [0.1, 0.15) is 0 Å². The Kier molecular flexibility index (Phi) is 5.65. The molecule has 28 heavy (non-hydrogen) atoms. The van der Waals surface area contributed by atoms with Gasteiger partial charge in [-0.05, 0) is 44.2 Å². The molecule has 0 unspecified atom stereocenters. The van der Waals surface area contributed by atoms with Gasteiger partial charge in [0.15, 0.2) is 5.13 Å². The molecule has 0 atom stereocenters. The van der Waals surface area contributed by atoms with Gasteiger partial charge >= 0.3 is 0 Å². The second-order valence-corrected chi connectivity index (χ2v) is 6.97. The van der Waals surface area contributed by atoms with Crippen LogP contribution in [0, 0.1) is 10.1 Å². The van der Waals surface area contributed by atoms with Crippen LogP contribution in [0.1, 0.15) is 34.6 Å². The van der Waals surface area contributed by atoms with Crippen LogP contribution in [-0.2, 0) is 0 Å². The summed E-state index contributed by atoms with van der Waals surface area (Å²) in [4.78, 5) is 41.1. The van der Waals surface area contributed by atoms with Gasteiger partial charge < -0.3 is 4.90 Å². The predicted octanol–water partition coefficient (Wildman–Crippen LogP) is 3.94. The Balaban J connectivity index is 1.79. The van der Waals surface area contributed by atoms with Gasteiger partial charge in [0.2, 0.25) is 0 Å². The number of aromatic nitrogens is 1. The summed E-state index contributed by atoms with van der Waals surface area (Å²) in [5.41, 5.74) is 1.47. The molecular formula is C19H18N4O4S. The fourth-order valence-electron chi connectivity index (χ4n) is 2.71. The van der Waals surface area contributed by atoms with Gasteiger partial charge in [-0.25, -0.2) is 4.98 Å². The molecule has 1 heterocycles. The second kappa shape index (κ2) is 8.13. The molecule has 0 saturated carbocycles. The molecule has 144 valence electrons. The SMILES string of the molecule is CCN(CC)C(=O)c1ccc2nc(NC(=O)c3ccc([N+](=O)[O-])cc3)sc2c1. The molecule has 2 amide bonds. The maximum absolute atomic E-state index is 12.5. The monoisotopic (exact) mass is 398 g/mol. The zero-order valence-electron chi connectivity index (χ0n) is 15.3. The minimum atomic E-state index is -0.522. The van der Waals surface area contributed by atoms with E-state index in [2.05, 4.69) is 10.3 Å². The number of thiazole rings is 1. The number of nitrogens with one attached hydrogen (secondary N) is 1. The Bertz CT molecular complexity index is 1040. The minimum Gasteiger partial charge on any atom is -0.339 e. The van der Waals surface area contributed by atoms with Crippen LogP contribution >= 0.6 is 11.3 Å². The molecule has 2 aromatic carbocycles. The standard InChI is InChI=1S/C19H18N4O4S/c1-3-22(4-2)18(25)13-7-10-15-16(11-13)28-19(20-15)21-17(24)12-5-8-14(9-6-12)23(26)27/h5-11H,3-4H2,1-2H3,(H,20,21,24). The number of nitro benzene ring substituents is 1. The number of nitrogens with zero attached hydrogens (tertiary/aromatic N) is 3. The van der Waals surface area contributed by atoms with Crippen LogP contribution < -0.4 is 5.32 Å². The highest BCUT2D eigenvalue weighted by Gasteiger charge is 2.15. The van der Waals surface area contributed by atoms with Gasteiger partial charge in [-0.15, -0.1) is 0 Å². The van der Waals surface area contributed by atoms with Gasteiger partial charge in [-0.1, -0.05) is 11.3 Å². The minimum absolute atomic E-state index is 0.0447. The van der Waals surface area contributed by atoms with E-state index < -0.39 is 10.8 Å². The quantitative estimate of drug-likeness (QED) is 0.500. The molecule has 8 nitrogen and oxygen atoms in total. The number of carbonyl (C=O) groups is 2. The molecule has 1 aromatic heterocycles. The number of amides is 2. The highest BCUT2D eigenvalue weighted by atomic mass is 32.1. The summed E-state index contributed by atoms with van der Waals surface area (Å²) in [6.45, 7) is 5.12. The number of non-ortho nitro benzene ring substituents is 1. The van der Waals surface area contributed by atoms with Crippen molar-refractivity contribution in [2.45, 2.75) is 13.8 Å². The Morgan fingerprint density at radius 1 is 1.11 bits per heavy atom. The number of hydrogen-bond acceptors (Lipinski definition) is 6. The molecule has 0 radical (unpaired) electrons. The number of rotatable bonds is 6.